The molecule has 0 saturated heterocycles. The van der Waals surface area contributed by atoms with Crippen LogP contribution >= 0.6 is 15.9 Å². The molecule has 1 heterocycles. The van der Waals surface area contributed by atoms with Crippen molar-refractivity contribution in [1.29, 1.82) is 0 Å². The summed E-state index contributed by atoms with van der Waals surface area (Å²) in [6.45, 7) is 1.90. The maximum absolute atomic E-state index is 13.7. The predicted octanol–water partition coefficient (Wildman–Crippen LogP) is 3.69. The van der Waals surface area contributed by atoms with Crippen LogP contribution in [0.3, 0.4) is 0 Å². The van der Waals surface area contributed by atoms with Crippen LogP contribution in [0.2, 0.25) is 0 Å². The Kier molecular flexibility index (Phi) is 6.75. The first-order valence-electron chi connectivity index (χ1n) is 10.4. The molecule has 4 rings (SSSR count). The number of nitro benzene ring substituents is 3. The van der Waals surface area contributed by atoms with Gasteiger partial charge in [-0.05, 0) is 36.8 Å². The molecule has 0 amide bonds. The van der Waals surface area contributed by atoms with Crippen LogP contribution in [-0.2, 0) is 0 Å². The number of non-ortho nitro benzene ring substituents is 1. The van der Waals surface area contributed by atoms with Gasteiger partial charge >= 0.3 is 0 Å². The van der Waals surface area contributed by atoms with Gasteiger partial charge in [0.2, 0.25) is 6.33 Å². The molecule has 0 aliphatic carbocycles. The molecule has 0 aliphatic heterocycles. The molecule has 14 heteroatoms. The molecule has 0 radical (unpaired) electrons. The first kappa shape index (κ1) is 25.1. The van der Waals surface area contributed by atoms with Crippen LogP contribution in [0, 0.1) is 37.3 Å². The van der Waals surface area contributed by atoms with Crippen LogP contribution < -0.4 is 9.67 Å². The summed E-state index contributed by atoms with van der Waals surface area (Å²) in [4.78, 5) is 32.3. The van der Waals surface area contributed by atoms with Gasteiger partial charge in [0.1, 0.15) is 5.69 Å². The van der Waals surface area contributed by atoms with Crippen molar-refractivity contribution in [2.24, 2.45) is 0 Å². The van der Waals surface area contributed by atoms with Crippen molar-refractivity contribution in [3.63, 3.8) is 0 Å². The van der Waals surface area contributed by atoms with E-state index in [-0.39, 0.29) is 5.56 Å². The highest BCUT2D eigenvalue weighted by molar-refractivity contribution is 9.10. The van der Waals surface area contributed by atoms with Gasteiger partial charge < -0.3 is 5.11 Å². The minimum atomic E-state index is -1.01. The fourth-order valence-corrected chi connectivity index (χ4v) is 3.82. The molecule has 0 N–H and O–H groups in total. The quantitative estimate of drug-likeness (QED) is 0.107. The molecule has 13 nitrogen and oxygen atoms in total. The molecule has 0 bridgehead atoms. The number of hydrogen-bond acceptors (Lipinski definition) is 8. The van der Waals surface area contributed by atoms with E-state index in [1.165, 1.54) is 29.4 Å². The molecule has 37 heavy (non-hydrogen) atoms. The number of benzene rings is 3. The summed E-state index contributed by atoms with van der Waals surface area (Å²) in [5, 5.41) is 53.1. The first-order valence-corrected chi connectivity index (χ1v) is 11.2. The summed E-state index contributed by atoms with van der Waals surface area (Å²) < 4.78 is 3.14. The summed E-state index contributed by atoms with van der Waals surface area (Å²) in [5.41, 5.74) is -2.40. The van der Waals surface area contributed by atoms with Crippen LogP contribution in [0.15, 0.2) is 77.8 Å². The number of hydrogen-bond donors (Lipinski definition) is 0. The smallest absolute Gasteiger partial charge is 0.294 e. The van der Waals surface area contributed by atoms with E-state index in [0.29, 0.717) is 22.3 Å². The lowest BCUT2D eigenvalue weighted by molar-refractivity contribution is -0.596. The van der Waals surface area contributed by atoms with Crippen molar-refractivity contribution < 1.29 is 24.4 Å². The van der Waals surface area contributed by atoms with Crippen LogP contribution in [0.4, 0.5) is 17.1 Å². The lowest BCUT2D eigenvalue weighted by atomic mass is 10.0. The van der Waals surface area contributed by atoms with Gasteiger partial charge in [0, 0.05) is 9.57 Å². The molecule has 186 valence electrons. The van der Waals surface area contributed by atoms with Gasteiger partial charge in [0.05, 0.1) is 26.9 Å². The standard InChI is InChI=1S/C23H15BrN6O7/c1-14-2-8-17(9-3-14)26-12-25-27(13-26)22(23(31)15-4-6-16(24)7-5-15)21-19(29(34)35)10-18(28(32)33)11-20(21)30(36)37/h2-13H,1H3/b23-22+. The number of halogens is 1. The monoisotopic (exact) mass is 566 g/mol. The first-order chi connectivity index (χ1) is 17.6. The van der Waals surface area contributed by atoms with E-state index in [1.807, 2.05) is 19.1 Å². The lowest BCUT2D eigenvalue weighted by Crippen LogP contribution is -2.27. The van der Waals surface area contributed by atoms with Crippen molar-refractivity contribution in [1.82, 2.24) is 9.78 Å². The number of aromatic nitrogens is 3. The zero-order chi connectivity index (χ0) is 26.9. The average Bonchev–Trinajstić information content (AvgIpc) is 3.34. The van der Waals surface area contributed by atoms with E-state index < -0.39 is 48.9 Å². The van der Waals surface area contributed by atoms with E-state index in [4.69, 9.17) is 0 Å². The second-order valence-corrected chi connectivity index (χ2v) is 8.66. The van der Waals surface area contributed by atoms with E-state index in [9.17, 15) is 35.4 Å². The Hall–Kier alpha value is -4.98. The highest BCUT2D eigenvalue weighted by atomic mass is 79.9. The summed E-state index contributed by atoms with van der Waals surface area (Å²) in [6, 6.07) is 14.3. The minimum absolute atomic E-state index is 0.0533. The molecule has 0 unspecified atom stereocenters. The molecule has 4 aromatic rings. The summed E-state index contributed by atoms with van der Waals surface area (Å²) in [5.74, 6) is -0.827. The Morgan fingerprint density at radius 1 is 0.892 bits per heavy atom. The van der Waals surface area contributed by atoms with Crippen molar-refractivity contribution in [3.05, 3.63) is 125 Å². The summed E-state index contributed by atoms with van der Waals surface area (Å²) in [6.07, 6.45) is 2.65. The van der Waals surface area contributed by atoms with Gasteiger partial charge in [0.25, 0.3) is 23.4 Å². The summed E-state index contributed by atoms with van der Waals surface area (Å²) >= 11 is 3.26. The molecule has 3 aromatic carbocycles. The fourth-order valence-electron chi connectivity index (χ4n) is 3.56. The Balaban J connectivity index is 2.07. The van der Waals surface area contributed by atoms with Gasteiger partial charge in [-0.15, -0.1) is 0 Å². The Bertz CT molecular complexity index is 1550. The third kappa shape index (κ3) is 5.04. The Labute approximate surface area is 216 Å². The van der Waals surface area contributed by atoms with E-state index >= 15 is 0 Å². The van der Waals surface area contributed by atoms with Gasteiger partial charge in [-0.25, -0.2) is 4.57 Å². The zero-order valence-corrected chi connectivity index (χ0v) is 20.4. The Morgan fingerprint density at radius 3 is 1.97 bits per heavy atom. The number of aryl methyl sites for hydroxylation is 1. The second-order valence-electron chi connectivity index (χ2n) is 7.75. The fraction of sp³-hybridized carbons (Fsp3) is 0.0435. The lowest BCUT2D eigenvalue weighted by Gasteiger charge is -2.16. The normalized spacial score (nSPS) is 11.6. The third-order valence-corrected chi connectivity index (χ3v) is 5.87. The summed E-state index contributed by atoms with van der Waals surface area (Å²) in [7, 11) is 0. The highest BCUT2D eigenvalue weighted by Crippen LogP contribution is 2.40. The SMILES string of the molecule is Cc1ccc(-[n+]2cnn(/C(=C(/[O-])c3ccc(Br)cc3)c3c([N+](=O)[O-])cc([N+](=O)[O-])cc3[N+](=O)[O-])c2)cc1. The van der Waals surface area contributed by atoms with Crippen LogP contribution in [0.1, 0.15) is 16.7 Å². The highest BCUT2D eigenvalue weighted by Gasteiger charge is 2.36. The molecule has 0 aliphatic rings. The topological polar surface area (TPSA) is 174 Å². The largest absolute Gasteiger partial charge is 0.870 e. The number of nitro groups is 3. The van der Waals surface area contributed by atoms with Crippen molar-refractivity contribution >= 4 is 44.4 Å². The van der Waals surface area contributed by atoms with Gasteiger partial charge in [-0.1, -0.05) is 56.2 Å². The maximum atomic E-state index is 13.7. The molecule has 0 fully saturated rings. The van der Waals surface area contributed by atoms with E-state index in [0.717, 1.165) is 10.2 Å². The van der Waals surface area contributed by atoms with Crippen LogP contribution in [0.5, 0.6) is 0 Å². The van der Waals surface area contributed by atoms with Crippen LogP contribution in [-0.4, -0.2) is 24.6 Å². The van der Waals surface area contributed by atoms with Crippen molar-refractivity contribution in [2.75, 3.05) is 0 Å². The molecule has 1 aromatic heterocycles. The minimum Gasteiger partial charge on any atom is -0.870 e. The van der Waals surface area contributed by atoms with E-state index in [2.05, 4.69) is 21.0 Å². The molecular weight excluding hydrogens is 552 g/mol. The van der Waals surface area contributed by atoms with Gasteiger partial charge in [-0.3, -0.25) is 30.3 Å². The molecule has 0 atom stereocenters. The molecule has 0 spiro atoms. The molecule has 0 saturated carbocycles. The van der Waals surface area contributed by atoms with Gasteiger partial charge in [0.15, 0.2) is 11.3 Å². The number of rotatable bonds is 7. The maximum Gasteiger partial charge on any atom is 0.294 e. The average molecular weight is 567 g/mol. The second kappa shape index (κ2) is 9.94. The van der Waals surface area contributed by atoms with Crippen molar-refractivity contribution in [3.8, 4) is 5.69 Å². The van der Waals surface area contributed by atoms with Crippen LogP contribution in [0.25, 0.3) is 17.1 Å². The van der Waals surface area contributed by atoms with Crippen molar-refractivity contribution in [2.45, 2.75) is 6.92 Å². The number of nitrogens with zero attached hydrogens (tertiary/aromatic N) is 6. The zero-order valence-electron chi connectivity index (χ0n) is 18.8. The molecular formula is C23H15BrN6O7. The third-order valence-electron chi connectivity index (χ3n) is 5.34. The predicted molar refractivity (Wildman–Crippen MR) is 131 cm³/mol. The van der Waals surface area contributed by atoms with Gasteiger partial charge in [-0.2, -0.15) is 0 Å². The Morgan fingerprint density at radius 2 is 1.46 bits per heavy atom. The van der Waals surface area contributed by atoms with E-state index in [1.54, 1.807) is 24.3 Å².